The Labute approximate surface area is 206 Å². The Kier molecular flexibility index (Phi) is 7.65. The lowest BCUT2D eigenvalue weighted by Crippen LogP contribution is -2.43. The van der Waals surface area contributed by atoms with Gasteiger partial charge in [-0.05, 0) is 39.7 Å². The minimum Gasteiger partial charge on any atom is -0.379 e. The van der Waals surface area contributed by atoms with Gasteiger partial charge in [0.1, 0.15) is 10.6 Å². The molecule has 0 bridgehead atoms. The summed E-state index contributed by atoms with van der Waals surface area (Å²) in [4.78, 5) is 23.6. The van der Waals surface area contributed by atoms with Crippen molar-refractivity contribution >= 4 is 44.8 Å². The van der Waals surface area contributed by atoms with E-state index in [0.29, 0.717) is 31.3 Å². The predicted octanol–water partition coefficient (Wildman–Crippen LogP) is 4.50. The third kappa shape index (κ3) is 5.90. The molecular weight excluding hydrogens is 540 g/mol. The molecule has 0 saturated carbocycles. The summed E-state index contributed by atoms with van der Waals surface area (Å²) in [6.07, 6.45) is 2.96. The van der Waals surface area contributed by atoms with Crippen LogP contribution in [-0.4, -0.2) is 58.6 Å². The number of nitrogens with one attached hydrogen (secondary N) is 1. The highest BCUT2D eigenvalue weighted by Gasteiger charge is 2.37. The molecule has 1 saturated heterocycles. The van der Waals surface area contributed by atoms with Gasteiger partial charge in [0.25, 0.3) is 5.91 Å². The first-order valence-corrected chi connectivity index (χ1v) is 12.0. The van der Waals surface area contributed by atoms with Gasteiger partial charge >= 0.3 is 4.83 Å². The summed E-state index contributed by atoms with van der Waals surface area (Å²) in [5, 5.41) is 3.55. The zero-order valence-corrected chi connectivity index (χ0v) is 20.3. The second-order valence-electron chi connectivity index (χ2n) is 7.19. The maximum atomic E-state index is 14.2. The Morgan fingerprint density at radius 3 is 2.55 bits per heavy atom. The fraction of sp³-hybridized carbons (Fsp3) is 0.333. The molecule has 7 nitrogen and oxygen atoms in total. The van der Waals surface area contributed by atoms with Crippen LogP contribution in [0.15, 0.2) is 42.7 Å². The van der Waals surface area contributed by atoms with E-state index in [4.69, 9.17) is 16.3 Å². The summed E-state index contributed by atoms with van der Waals surface area (Å²) in [6.45, 7) is 2.73. The maximum absolute atomic E-state index is 14.2. The molecule has 12 heteroatoms. The van der Waals surface area contributed by atoms with Crippen molar-refractivity contribution < 1.29 is 18.3 Å². The van der Waals surface area contributed by atoms with Gasteiger partial charge in [-0.1, -0.05) is 23.7 Å². The minimum atomic E-state index is -3.48. The number of alkyl halides is 3. The smallest absolute Gasteiger partial charge is 0.344 e. The first kappa shape index (κ1) is 24.1. The number of nitrogens with zero attached hydrogens (tertiary/aromatic N) is 4. The van der Waals surface area contributed by atoms with Crippen LogP contribution in [0.4, 0.5) is 8.78 Å². The van der Waals surface area contributed by atoms with Crippen molar-refractivity contribution in [2.45, 2.75) is 10.9 Å². The maximum Gasteiger partial charge on any atom is 0.344 e. The number of morpholine rings is 1. The van der Waals surface area contributed by atoms with Crippen LogP contribution in [-0.2, 0) is 9.57 Å². The molecule has 1 aliphatic heterocycles. The first-order valence-electron chi connectivity index (χ1n) is 10.0. The van der Waals surface area contributed by atoms with Gasteiger partial charge in [-0.15, -0.1) is 11.3 Å². The van der Waals surface area contributed by atoms with Crippen LogP contribution in [0, 0.1) is 0 Å². The normalized spacial score (nSPS) is 15.9. The molecular formula is C21H19BrClF2N5O2S. The Morgan fingerprint density at radius 1 is 1.24 bits per heavy atom. The molecule has 3 heterocycles. The van der Waals surface area contributed by atoms with Gasteiger partial charge in [0.2, 0.25) is 0 Å². The lowest BCUT2D eigenvalue weighted by atomic mass is 10.0. The topological polar surface area (TPSA) is 80.2 Å². The van der Waals surface area contributed by atoms with E-state index in [-0.39, 0.29) is 28.3 Å². The van der Waals surface area contributed by atoms with Gasteiger partial charge in [-0.2, -0.15) is 8.78 Å². The van der Waals surface area contributed by atoms with E-state index >= 15 is 0 Å². The summed E-state index contributed by atoms with van der Waals surface area (Å²) < 4.78 is 33.8. The molecule has 0 spiro atoms. The fourth-order valence-electron chi connectivity index (χ4n) is 3.47. The van der Waals surface area contributed by atoms with E-state index in [0.717, 1.165) is 16.9 Å². The number of thiazole rings is 1. The lowest BCUT2D eigenvalue weighted by Gasteiger charge is -2.35. The number of carbonyl (C=O) groups excluding carboxylic acids is 1. The molecule has 4 rings (SSSR count). The minimum absolute atomic E-state index is 0.136. The number of carbonyl (C=O) groups is 1. The zero-order chi connectivity index (χ0) is 23.4. The average Bonchev–Trinajstić information content (AvgIpc) is 3.28. The highest BCUT2D eigenvalue weighted by atomic mass is 79.9. The number of ether oxygens (including phenoxy) is 1. The molecule has 0 unspecified atom stereocenters. The number of aromatic nitrogens is 3. The van der Waals surface area contributed by atoms with Crippen molar-refractivity contribution in [2.24, 2.45) is 0 Å². The highest BCUT2D eigenvalue weighted by Crippen LogP contribution is 2.40. The van der Waals surface area contributed by atoms with E-state index in [9.17, 15) is 13.6 Å². The number of hydrogen-bond donors (Lipinski definition) is 1. The molecule has 1 N–H and O–H groups in total. The van der Waals surface area contributed by atoms with Crippen LogP contribution < -0.4 is 5.32 Å². The zero-order valence-electron chi connectivity index (χ0n) is 17.2. The SMILES string of the molecule is O=C(NC[C@H](c1ccc(Cl)cc1)N1CCOCC1)c1sc(-c2ncccn2)nc1C(F)(F)Br. The predicted molar refractivity (Wildman–Crippen MR) is 125 cm³/mol. The Bertz CT molecular complexity index is 1090. The molecule has 0 radical (unpaired) electrons. The van der Waals surface area contributed by atoms with Crippen molar-refractivity contribution in [3.8, 4) is 10.8 Å². The third-order valence-electron chi connectivity index (χ3n) is 5.06. The summed E-state index contributed by atoms with van der Waals surface area (Å²) in [7, 11) is 0. The number of benzene rings is 1. The molecule has 1 aliphatic rings. The molecule has 1 aromatic carbocycles. The lowest BCUT2D eigenvalue weighted by molar-refractivity contribution is 0.0162. The van der Waals surface area contributed by atoms with E-state index in [1.165, 1.54) is 12.4 Å². The molecule has 1 fully saturated rings. The molecule has 174 valence electrons. The van der Waals surface area contributed by atoms with Gasteiger partial charge in [0, 0.05) is 37.1 Å². The molecule has 33 heavy (non-hydrogen) atoms. The van der Waals surface area contributed by atoms with E-state index in [2.05, 4.69) is 41.1 Å². The first-order chi connectivity index (χ1) is 15.8. The third-order valence-corrected chi connectivity index (χ3v) is 6.73. The summed E-state index contributed by atoms with van der Waals surface area (Å²) in [5.41, 5.74) is 0.289. The average molecular weight is 559 g/mol. The molecule has 0 aliphatic carbocycles. The molecule has 1 atom stereocenters. The van der Waals surface area contributed by atoms with Crippen molar-refractivity contribution in [3.63, 3.8) is 0 Å². The van der Waals surface area contributed by atoms with Crippen molar-refractivity contribution in [1.29, 1.82) is 0 Å². The van der Waals surface area contributed by atoms with E-state index < -0.39 is 16.4 Å². The van der Waals surface area contributed by atoms with Crippen LogP contribution in [0.3, 0.4) is 0 Å². The number of hydrogen-bond acceptors (Lipinski definition) is 7. The van der Waals surface area contributed by atoms with Crippen LogP contribution in [0.2, 0.25) is 5.02 Å². The Hall–Kier alpha value is -2.05. The van der Waals surface area contributed by atoms with Gasteiger partial charge < -0.3 is 10.1 Å². The largest absolute Gasteiger partial charge is 0.379 e. The Balaban J connectivity index is 1.58. The molecule has 3 aromatic rings. The number of amides is 1. The van der Waals surface area contributed by atoms with Crippen molar-refractivity contribution in [2.75, 3.05) is 32.8 Å². The number of halogens is 4. The van der Waals surface area contributed by atoms with Crippen molar-refractivity contribution in [3.05, 3.63) is 63.9 Å². The summed E-state index contributed by atoms with van der Waals surface area (Å²) >= 11 is 9.18. The second-order valence-corrected chi connectivity index (χ2v) is 9.62. The van der Waals surface area contributed by atoms with Crippen LogP contribution >= 0.6 is 38.9 Å². The van der Waals surface area contributed by atoms with Gasteiger partial charge in [0.15, 0.2) is 10.8 Å². The summed E-state index contributed by atoms with van der Waals surface area (Å²) in [5.74, 6) is -0.470. The van der Waals surface area contributed by atoms with Crippen LogP contribution in [0.25, 0.3) is 10.8 Å². The second kappa shape index (κ2) is 10.5. The van der Waals surface area contributed by atoms with E-state index in [1.54, 1.807) is 18.2 Å². The quantitative estimate of drug-likeness (QED) is 0.430. The fourth-order valence-corrected chi connectivity index (χ4v) is 4.98. The number of rotatable bonds is 7. The molecule has 1 amide bonds. The van der Waals surface area contributed by atoms with Gasteiger partial charge in [0.05, 0.1) is 19.3 Å². The molecule has 2 aromatic heterocycles. The standard InChI is InChI=1S/C21H19BrClF2N5O2S/c22-21(24,25)17-16(33-20(29-17)18-26-6-1-7-27-18)19(31)28-12-15(30-8-10-32-11-9-30)13-2-4-14(23)5-3-13/h1-7,15H,8-12H2,(H,28,31)/t15-/m1/s1. The van der Waals surface area contributed by atoms with Gasteiger partial charge in [-0.25, -0.2) is 15.0 Å². The monoisotopic (exact) mass is 557 g/mol. The Morgan fingerprint density at radius 2 is 1.91 bits per heavy atom. The van der Waals surface area contributed by atoms with Gasteiger partial charge in [-0.3, -0.25) is 9.69 Å². The highest BCUT2D eigenvalue weighted by molar-refractivity contribution is 9.09. The summed E-state index contributed by atoms with van der Waals surface area (Å²) in [6, 6.07) is 8.78. The van der Waals surface area contributed by atoms with Crippen LogP contribution in [0.5, 0.6) is 0 Å². The van der Waals surface area contributed by atoms with Crippen molar-refractivity contribution in [1.82, 2.24) is 25.2 Å². The van der Waals surface area contributed by atoms with Crippen LogP contribution in [0.1, 0.15) is 27.0 Å². The van der Waals surface area contributed by atoms with E-state index in [1.807, 2.05) is 12.1 Å².